The van der Waals surface area contributed by atoms with Gasteiger partial charge in [0.25, 0.3) is 0 Å². The van der Waals surface area contributed by atoms with Gasteiger partial charge in [-0.05, 0) is 24.9 Å². The molecule has 0 aliphatic carbocycles. The molecule has 0 amide bonds. The molecule has 1 aromatic carbocycles. The number of fused-ring (bicyclic) bond motifs is 1. The lowest BCUT2D eigenvalue weighted by molar-refractivity contribution is 0.0993. The largest absolute Gasteiger partial charge is 0.409 e. The first-order valence-electron chi connectivity index (χ1n) is 7.30. The van der Waals surface area contributed by atoms with Crippen LogP contribution >= 0.6 is 0 Å². The van der Waals surface area contributed by atoms with E-state index in [2.05, 4.69) is 21.0 Å². The number of oxime groups is 1. The fraction of sp³-hybridized carbons (Fsp3) is 0.533. The van der Waals surface area contributed by atoms with E-state index in [0.717, 1.165) is 43.3 Å². The van der Waals surface area contributed by atoms with E-state index in [1.54, 1.807) is 0 Å². The van der Waals surface area contributed by atoms with Crippen LogP contribution in [0.1, 0.15) is 24.0 Å². The van der Waals surface area contributed by atoms with E-state index < -0.39 is 0 Å². The van der Waals surface area contributed by atoms with Crippen LogP contribution in [0.5, 0.6) is 0 Å². The first kappa shape index (κ1) is 13.4. The number of hydrogen-bond acceptors (Lipinski definition) is 4. The molecule has 2 aliphatic rings. The summed E-state index contributed by atoms with van der Waals surface area (Å²) in [7, 11) is 0. The smallest absolute Gasteiger partial charge is 0.170 e. The quantitative estimate of drug-likeness (QED) is 0.374. The molecule has 0 bridgehead atoms. The van der Waals surface area contributed by atoms with Crippen LogP contribution in [0.15, 0.2) is 29.4 Å². The minimum atomic E-state index is 0.195. The van der Waals surface area contributed by atoms with E-state index in [-0.39, 0.29) is 5.84 Å². The normalized spacial score (nSPS) is 24.8. The van der Waals surface area contributed by atoms with Crippen molar-refractivity contribution >= 4 is 5.84 Å². The Morgan fingerprint density at radius 2 is 2.15 bits per heavy atom. The highest BCUT2D eigenvalue weighted by Gasteiger charge is 2.30. The Labute approximate surface area is 119 Å². The fourth-order valence-corrected chi connectivity index (χ4v) is 3.40. The van der Waals surface area contributed by atoms with E-state index in [4.69, 9.17) is 10.9 Å². The van der Waals surface area contributed by atoms with Crippen molar-refractivity contribution in [2.75, 3.05) is 26.2 Å². The Kier molecular flexibility index (Phi) is 3.89. The van der Waals surface area contributed by atoms with E-state index in [1.165, 1.54) is 19.4 Å². The summed E-state index contributed by atoms with van der Waals surface area (Å²) in [5.41, 5.74) is 7.73. The van der Waals surface area contributed by atoms with Crippen molar-refractivity contribution in [2.45, 2.75) is 25.4 Å². The Hall–Kier alpha value is -1.59. The van der Waals surface area contributed by atoms with Gasteiger partial charge in [-0.1, -0.05) is 29.4 Å². The molecule has 1 unspecified atom stereocenters. The third-order valence-electron chi connectivity index (χ3n) is 4.47. The number of hydrogen-bond donors (Lipinski definition) is 2. The highest BCUT2D eigenvalue weighted by Crippen LogP contribution is 2.23. The summed E-state index contributed by atoms with van der Waals surface area (Å²) in [4.78, 5) is 5.09. The van der Waals surface area contributed by atoms with Crippen molar-refractivity contribution in [1.82, 2.24) is 9.80 Å². The second-order valence-electron chi connectivity index (χ2n) is 5.71. The maximum absolute atomic E-state index is 8.88. The van der Waals surface area contributed by atoms with E-state index >= 15 is 0 Å². The van der Waals surface area contributed by atoms with Gasteiger partial charge < -0.3 is 10.9 Å². The summed E-state index contributed by atoms with van der Waals surface area (Å²) in [5, 5.41) is 12.0. The molecule has 2 fully saturated rings. The van der Waals surface area contributed by atoms with Gasteiger partial charge in [0.05, 0.1) is 0 Å². The third kappa shape index (κ3) is 2.64. The predicted octanol–water partition coefficient (Wildman–Crippen LogP) is 1.06. The standard InChI is InChI=1S/C15H22N4O/c16-15(17-20)14-6-2-1-4-12(14)10-18-8-9-19-7-3-5-13(19)11-18/h1-2,4,6,13,20H,3,5,7-11H2,(H2,16,17). The molecule has 0 radical (unpaired) electrons. The fourth-order valence-electron chi connectivity index (χ4n) is 3.40. The lowest BCUT2D eigenvalue weighted by Crippen LogP contribution is -2.49. The van der Waals surface area contributed by atoms with Gasteiger partial charge >= 0.3 is 0 Å². The van der Waals surface area contributed by atoms with Gasteiger partial charge in [0.15, 0.2) is 5.84 Å². The van der Waals surface area contributed by atoms with Gasteiger partial charge in [0.2, 0.25) is 0 Å². The Morgan fingerprint density at radius 3 is 3.00 bits per heavy atom. The maximum Gasteiger partial charge on any atom is 0.170 e. The third-order valence-corrected chi connectivity index (χ3v) is 4.47. The van der Waals surface area contributed by atoms with Gasteiger partial charge in [0.1, 0.15) is 0 Å². The molecule has 0 saturated carbocycles. The zero-order valence-corrected chi connectivity index (χ0v) is 11.7. The van der Waals surface area contributed by atoms with Crippen LogP contribution in [0, 0.1) is 0 Å². The van der Waals surface area contributed by atoms with Crippen molar-refractivity contribution in [3.63, 3.8) is 0 Å². The average molecular weight is 274 g/mol. The minimum Gasteiger partial charge on any atom is -0.409 e. The molecule has 5 heteroatoms. The van der Waals surface area contributed by atoms with Gasteiger partial charge in [-0.2, -0.15) is 0 Å². The monoisotopic (exact) mass is 274 g/mol. The molecule has 1 aromatic rings. The summed E-state index contributed by atoms with van der Waals surface area (Å²) < 4.78 is 0. The molecule has 0 aromatic heterocycles. The number of nitrogens with zero attached hydrogens (tertiary/aromatic N) is 3. The summed E-state index contributed by atoms with van der Waals surface area (Å²) in [6, 6.07) is 8.63. The van der Waals surface area contributed by atoms with Crippen LogP contribution in [-0.4, -0.2) is 53.1 Å². The molecule has 0 spiro atoms. The Balaban J connectivity index is 1.72. The Morgan fingerprint density at radius 1 is 1.30 bits per heavy atom. The molecule has 1 atom stereocenters. The topological polar surface area (TPSA) is 65.1 Å². The average Bonchev–Trinajstić information content (AvgIpc) is 2.94. The van der Waals surface area contributed by atoms with Crippen LogP contribution in [0.25, 0.3) is 0 Å². The van der Waals surface area contributed by atoms with Crippen molar-refractivity contribution in [2.24, 2.45) is 10.9 Å². The maximum atomic E-state index is 8.88. The number of rotatable bonds is 3. The lowest BCUT2D eigenvalue weighted by Gasteiger charge is -2.37. The van der Waals surface area contributed by atoms with Crippen molar-refractivity contribution in [1.29, 1.82) is 0 Å². The molecule has 2 saturated heterocycles. The van der Waals surface area contributed by atoms with E-state index in [9.17, 15) is 0 Å². The molecule has 3 N–H and O–H groups in total. The van der Waals surface area contributed by atoms with E-state index in [0.29, 0.717) is 0 Å². The molecule has 5 nitrogen and oxygen atoms in total. The van der Waals surface area contributed by atoms with Crippen LogP contribution in [0.4, 0.5) is 0 Å². The number of piperazine rings is 1. The van der Waals surface area contributed by atoms with Gasteiger partial charge in [-0.15, -0.1) is 0 Å². The molecule has 2 heterocycles. The zero-order chi connectivity index (χ0) is 13.9. The first-order chi connectivity index (χ1) is 9.78. The number of nitrogens with two attached hydrogens (primary N) is 1. The highest BCUT2D eigenvalue weighted by atomic mass is 16.4. The minimum absolute atomic E-state index is 0.195. The van der Waals surface area contributed by atoms with Crippen LogP contribution in [-0.2, 0) is 6.54 Å². The SMILES string of the molecule is N/C(=N/O)c1ccccc1CN1CCN2CCCC2C1. The number of amidine groups is 1. The molecular formula is C15H22N4O. The molecule has 3 rings (SSSR count). The molecule has 108 valence electrons. The van der Waals surface area contributed by atoms with E-state index in [1.807, 2.05) is 18.2 Å². The summed E-state index contributed by atoms with van der Waals surface area (Å²) in [6.07, 6.45) is 2.65. The van der Waals surface area contributed by atoms with Crippen LogP contribution in [0.2, 0.25) is 0 Å². The first-order valence-corrected chi connectivity index (χ1v) is 7.30. The predicted molar refractivity (Wildman–Crippen MR) is 78.8 cm³/mol. The van der Waals surface area contributed by atoms with Gasteiger partial charge in [-0.3, -0.25) is 9.80 Å². The second-order valence-corrected chi connectivity index (χ2v) is 5.71. The van der Waals surface area contributed by atoms with Gasteiger partial charge in [-0.25, -0.2) is 0 Å². The molecule has 2 aliphatic heterocycles. The van der Waals surface area contributed by atoms with Crippen molar-refractivity contribution < 1.29 is 5.21 Å². The molecule has 20 heavy (non-hydrogen) atoms. The zero-order valence-electron chi connectivity index (χ0n) is 11.7. The summed E-state index contributed by atoms with van der Waals surface area (Å²) in [5.74, 6) is 0.195. The summed E-state index contributed by atoms with van der Waals surface area (Å²) >= 11 is 0. The summed E-state index contributed by atoms with van der Waals surface area (Å²) in [6.45, 7) is 5.53. The highest BCUT2D eigenvalue weighted by molar-refractivity contribution is 5.98. The van der Waals surface area contributed by atoms with Crippen LogP contribution in [0.3, 0.4) is 0 Å². The molecular weight excluding hydrogens is 252 g/mol. The Bertz CT molecular complexity index is 502. The number of benzene rings is 1. The van der Waals surface area contributed by atoms with Crippen LogP contribution < -0.4 is 5.73 Å². The second kappa shape index (κ2) is 5.81. The van der Waals surface area contributed by atoms with Crippen molar-refractivity contribution in [3.05, 3.63) is 35.4 Å². The van der Waals surface area contributed by atoms with Gasteiger partial charge in [0, 0.05) is 37.8 Å². The van der Waals surface area contributed by atoms with Crippen molar-refractivity contribution in [3.8, 4) is 0 Å². The lowest BCUT2D eigenvalue weighted by atomic mass is 10.0.